The van der Waals surface area contributed by atoms with Gasteiger partial charge in [0.2, 0.25) is 0 Å². The number of ether oxygens (including phenoxy) is 1. The summed E-state index contributed by atoms with van der Waals surface area (Å²) >= 11 is 11.5. The van der Waals surface area contributed by atoms with Crippen molar-refractivity contribution in [3.8, 4) is 5.75 Å². The van der Waals surface area contributed by atoms with Crippen LogP contribution >= 0.6 is 39.3 Å². The predicted octanol–water partition coefficient (Wildman–Crippen LogP) is 5.06. The van der Waals surface area contributed by atoms with E-state index >= 15 is 0 Å². The molecule has 0 amide bonds. The van der Waals surface area contributed by atoms with Crippen molar-refractivity contribution < 1.29 is 4.74 Å². The molecule has 18 heavy (non-hydrogen) atoms. The van der Waals surface area contributed by atoms with Crippen LogP contribution in [0.4, 0.5) is 5.69 Å². The highest BCUT2D eigenvalue weighted by Crippen LogP contribution is 2.36. The summed E-state index contributed by atoms with van der Waals surface area (Å²) in [6.45, 7) is 5.72. The molecule has 0 saturated carbocycles. The smallest absolute Gasteiger partial charge is 0.156 e. The van der Waals surface area contributed by atoms with Gasteiger partial charge in [-0.1, -0.05) is 18.5 Å². The molecule has 2 nitrogen and oxygen atoms in total. The van der Waals surface area contributed by atoms with Gasteiger partial charge in [0, 0.05) is 11.6 Å². The van der Waals surface area contributed by atoms with E-state index in [4.69, 9.17) is 16.3 Å². The third-order valence-electron chi connectivity index (χ3n) is 2.28. The molecule has 0 bridgehead atoms. The van der Waals surface area contributed by atoms with Gasteiger partial charge in [0.15, 0.2) is 5.75 Å². The van der Waals surface area contributed by atoms with E-state index in [2.05, 4.69) is 28.2 Å². The molecule has 1 aromatic rings. The zero-order valence-corrected chi connectivity index (χ0v) is 13.9. The number of benzene rings is 1. The second kappa shape index (κ2) is 8.94. The molecule has 1 N–H and O–H groups in total. The molecule has 102 valence electrons. The highest BCUT2D eigenvalue weighted by molar-refractivity contribution is 9.10. The second-order valence-electron chi connectivity index (χ2n) is 3.67. The van der Waals surface area contributed by atoms with Gasteiger partial charge in [0.05, 0.1) is 16.8 Å². The van der Waals surface area contributed by atoms with E-state index < -0.39 is 0 Å². The summed E-state index contributed by atoms with van der Waals surface area (Å²) in [6.07, 6.45) is 1.13. The molecule has 0 aliphatic carbocycles. The summed E-state index contributed by atoms with van der Waals surface area (Å²) in [5.41, 5.74) is 0.956. The lowest BCUT2D eigenvalue weighted by atomic mass is 10.3. The molecule has 5 heteroatoms. The number of rotatable bonds is 8. The molecule has 0 heterocycles. The number of anilines is 1. The van der Waals surface area contributed by atoms with E-state index in [1.807, 2.05) is 30.8 Å². The zero-order valence-electron chi connectivity index (χ0n) is 10.8. The molecular formula is C13H19BrClNOS. The Kier molecular flexibility index (Phi) is 7.95. The fraction of sp³-hybridized carbons (Fsp3) is 0.538. The minimum atomic E-state index is 0.639. The standard InChI is InChI=1S/C13H19BrClNOS/c1-3-17-13-11(14)8-10(15)9-12(13)16-6-5-7-18-4-2/h8-9,16H,3-7H2,1-2H3. The first-order valence-electron chi connectivity index (χ1n) is 6.12. The van der Waals surface area contributed by atoms with Crippen LogP contribution in [0.25, 0.3) is 0 Å². The van der Waals surface area contributed by atoms with Crippen molar-refractivity contribution in [2.24, 2.45) is 0 Å². The molecule has 1 rings (SSSR count). The topological polar surface area (TPSA) is 21.3 Å². The molecule has 0 unspecified atom stereocenters. The number of hydrogen-bond acceptors (Lipinski definition) is 3. The predicted molar refractivity (Wildman–Crippen MR) is 86.4 cm³/mol. The van der Waals surface area contributed by atoms with Gasteiger partial charge in [-0.05, 0) is 52.9 Å². The van der Waals surface area contributed by atoms with Crippen molar-refractivity contribution in [3.63, 3.8) is 0 Å². The summed E-state index contributed by atoms with van der Waals surface area (Å²) in [7, 11) is 0. The Balaban J connectivity index is 2.62. The van der Waals surface area contributed by atoms with E-state index in [0.717, 1.165) is 28.9 Å². The zero-order chi connectivity index (χ0) is 13.4. The fourth-order valence-corrected chi connectivity index (χ4v) is 3.09. The molecule has 0 aliphatic rings. The van der Waals surface area contributed by atoms with Crippen LogP contribution < -0.4 is 10.1 Å². The van der Waals surface area contributed by atoms with Crippen LogP contribution in [-0.2, 0) is 0 Å². The molecule has 0 aliphatic heterocycles. The van der Waals surface area contributed by atoms with Crippen molar-refractivity contribution in [1.82, 2.24) is 0 Å². The molecule has 0 aromatic heterocycles. The second-order valence-corrected chi connectivity index (χ2v) is 6.36. The third kappa shape index (κ3) is 5.29. The van der Waals surface area contributed by atoms with Crippen molar-refractivity contribution in [1.29, 1.82) is 0 Å². The number of thioether (sulfide) groups is 1. The summed E-state index contributed by atoms with van der Waals surface area (Å²) in [6, 6.07) is 3.76. The van der Waals surface area contributed by atoms with Gasteiger partial charge < -0.3 is 10.1 Å². The Bertz CT molecular complexity index is 376. The maximum atomic E-state index is 6.06. The largest absolute Gasteiger partial charge is 0.491 e. The van der Waals surface area contributed by atoms with E-state index in [1.165, 1.54) is 11.5 Å². The molecule has 0 atom stereocenters. The highest BCUT2D eigenvalue weighted by atomic mass is 79.9. The Labute approximate surface area is 127 Å². The van der Waals surface area contributed by atoms with Crippen LogP contribution in [0.15, 0.2) is 16.6 Å². The van der Waals surface area contributed by atoms with E-state index in [9.17, 15) is 0 Å². The molecule has 0 radical (unpaired) electrons. The number of nitrogens with one attached hydrogen (secondary N) is 1. The number of halogens is 2. The molecule has 1 aromatic carbocycles. The first-order chi connectivity index (χ1) is 8.69. The highest BCUT2D eigenvalue weighted by Gasteiger charge is 2.09. The monoisotopic (exact) mass is 351 g/mol. The van der Waals surface area contributed by atoms with Crippen molar-refractivity contribution in [3.05, 3.63) is 21.6 Å². The van der Waals surface area contributed by atoms with E-state index in [-0.39, 0.29) is 0 Å². The van der Waals surface area contributed by atoms with Crippen molar-refractivity contribution in [2.45, 2.75) is 20.3 Å². The minimum absolute atomic E-state index is 0.639. The fourth-order valence-electron chi connectivity index (χ4n) is 1.52. The quantitative estimate of drug-likeness (QED) is 0.661. The van der Waals surface area contributed by atoms with Crippen LogP contribution in [0.5, 0.6) is 5.75 Å². The lowest BCUT2D eigenvalue weighted by Gasteiger charge is -2.14. The van der Waals surface area contributed by atoms with Crippen LogP contribution in [0, 0.1) is 0 Å². The first kappa shape index (κ1) is 16.0. The Morgan fingerprint density at radius 1 is 1.39 bits per heavy atom. The lowest BCUT2D eigenvalue weighted by Crippen LogP contribution is -2.05. The number of hydrogen-bond donors (Lipinski definition) is 1. The van der Waals surface area contributed by atoms with Crippen LogP contribution in [-0.4, -0.2) is 24.7 Å². The SMILES string of the molecule is CCOc1c(Br)cc(Cl)cc1NCCCSCC. The molecular weight excluding hydrogens is 334 g/mol. The average molecular weight is 353 g/mol. The Hall–Kier alpha value is -0.0600. The van der Waals surface area contributed by atoms with Gasteiger partial charge in [0.25, 0.3) is 0 Å². The maximum absolute atomic E-state index is 6.06. The van der Waals surface area contributed by atoms with Crippen LogP contribution in [0.2, 0.25) is 5.02 Å². The summed E-state index contributed by atoms with van der Waals surface area (Å²) in [4.78, 5) is 0. The van der Waals surface area contributed by atoms with Crippen molar-refractivity contribution >= 4 is 45.0 Å². The summed E-state index contributed by atoms with van der Waals surface area (Å²) < 4.78 is 6.52. The van der Waals surface area contributed by atoms with Gasteiger partial charge in [-0.25, -0.2) is 0 Å². The average Bonchev–Trinajstić information content (AvgIpc) is 2.33. The summed E-state index contributed by atoms with van der Waals surface area (Å²) in [5, 5.41) is 4.09. The van der Waals surface area contributed by atoms with Crippen LogP contribution in [0.1, 0.15) is 20.3 Å². The van der Waals surface area contributed by atoms with Gasteiger partial charge in [0.1, 0.15) is 0 Å². The van der Waals surface area contributed by atoms with E-state index in [1.54, 1.807) is 0 Å². The van der Waals surface area contributed by atoms with Gasteiger partial charge in [-0.15, -0.1) is 0 Å². The van der Waals surface area contributed by atoms with Crippen LogP contribution in [0.3, 0.4) is 0 Å². The summed E-state index contributed by atoms with van der Waals surface area (Å²) in [5.74, 6) is 3.19. The third-order valence-corrected chi connectivity index (χ3v) is 4.07. The van der Waals surface area contributed by atoms with E-state index in [0.29, 0.717) is 11.6 Å². The van der Waals surface area contributed by atoms with Gasteiger partial charge in [-0.3, -0.25) is 0 Å². The van der Waals surface area contributed by atoms with Crippen molar-refractivity contribution in [2.75, 3.05) is 30.0 Å². The molecule has 0 saturated heterocycles. The first-order valence-corrected chi connectivity index (χ1v) is 8.45. The maximum Gasteiger partial charge on any atom is 0.156 e. The van der Waals surface area contributed by atoms with Gasteiger partial charge >= 0.3 is 0 Å². The normalized spacial score (nSPS) is 10.4. The Morgan fingerprint density at radius 2 is 2.17 bits per heavy atom. The minimum Gasteiger partial charge on any atom is -0.491 e. The Morgan fingerprint density at radius 3 is 2.83 bits per heavy atom. The molecule has 0 spiro atoms. The lowest BCUT2D eigenvalue weighted by molar-refractivity contribution is 0.339. The van der Waals surface area contributed by atoms with Gasteiger partial charge in [-0.2, -0.15) is 11.8 Å². The molecule has 0 fully saturated rings.